The number of nitrogens with one attached hydrogen (secondary N) is 1. The molecule has 7 aliphatic rings. The molecule has 3 aromatic rings. The molecular formula is C42H42N10O6. The Morgan fingerprint density at radius 2 is 1.55 bits per heavy atom. The van der Waals surface area contributed by atoms with Crippen LogP contribution >= 0.6 is 0 Å². The van der Waals surface area contributed by atoms with Crippen molar-refractivity contribution in [1.82, 2.24) is 25.0 Å². The van der Waals surface area contributed by atoms with Gasteiger partial charge in [-0.25, -0.2) is 14.8 Å². The first-order chi connectivity index (χ1) is 28.2. The molecule has 0 aliphatic carbocycles. The van der Waals surface area contributed by atoms with E-state index >= 15 is 0 Å². The molecule has 4 unspecified atom stereocenters. The fraction of sp³-hybridized carbons (Fsp3) is 0.381. The van der Waals surface area contributed by atoms with Crippen molar-refractivity contribution in [3.8, 4) is 11.5 Å². The fourth-order valence-corrected chi connectivity index (χ4v) is 9.28. The maximum Gasteiger partial charge on any atom is 0.320 e. The second-order valence-corrected chi connectivity index (χ2v) is 16.0. The van der Waals surface area contributed by atoms with E-state index in [4.69, 9.17) is 20.6 Å². The van der Waals surface area contributed by atoms with Gasteiger partial charge in [0.1, 0.15) is 35.6 Å². The van der Waals surface area contributed by atoms with E-state index in [2.05, 4.69) is 15.2 Å². The molecule has 0 radical (unpaired) electrons. The van der Waals surface area contributed by atoms with Gasteiger partial charge in [-0.2, -0.15) is 5.10 Å². The van der Waals surface area contributed by atoms with Crippen molar-refractivity contribution in [2.24, 2.45) is 38.6 Å². The molecule has 0 spiro atoms. The lowest BCUT2D eigenvalue weighted by molar-refractivity contribution is -0.136. The number of hydrogen-bond acceptors (Lipinski definition) is 12. The van der Waals surface area contributed by atoms with Crippen LogP contribution in [0, 0.1) is 17.8 Å². The minimum Gasteiger partial charge on any atom is -0.457 e. The van der Waals surface area contributed by atoms with E-state index in [0.717, 1.165) is 53.5 Å². The number of imide groups is 2. The number of aliphatic imine (C=N–C) groups is 2. The number of carbonyl (C=O) groups is 5. The lowest BCUT2D eigenvalue weighted by Crippen LogP contribution is -2.63. The summed E-state index contributed by atoms with van der Waals surface area (Å²) in [4.78, 5) is 80.4. The molecule has 4 saturated heterocycles. The maximum atomic E-state index is 13.8. The number of benzene rings is 3. The number of hydrazone groups is 1. The Labute approximate surface area is 334 Å². The van der Waals surface area contributed by atoms with Crippen LogP contribution in [0.15, 0.2) is 87.9 Å². The molecular weight excluding hydrogens is 741 g/mol. The van der Waals surface area contributed by atoms with Crippen molar-refractivity contribution in [2.45, 2.75) is 43.9 Å². The number of anilines is 1. The highest BCUT2D eigenvalue weighted by Gasteiger charge is 2.48. The van der Waals surface area contributed by atoms with Crippen molar-refractivity contribution in [3.63, 3.8) is 0 Å². The molecule has 0 aromatic heterocycles. The van der Waals surface area contributed by atoms with Crippen LogP contribution < -0.4 is 20.7 Å². The Hall–Kier alpha value is -6.58. The average Bonchev–Trinajstić information content (AvgIpc) is 3.71. The third-order valence-corrected chi connectivity index (χ3v) is 12.5. The number of hydrogen-bond donors (Lipinski definition) is 2. The zero-order valence-corrected chi connectivity index (χ0v) is 31.6. The summed E-state index contributed by atoms with van der Waals surface area (Å²) in [6, 6.07) is 21.7. The first-order valence-electron chi connectivity index (χ1n) is 19.9. The van der Waals surface area contributed by atoms with Crippen molar-refractivity contribution >= 4 is 53.2 Å². The molecule has 6 amide bonds. The predicted molar refractivity (Wildman–Crippen MR) is 213 cm³/mol. The summed E-state index contributed by atoms with van der Waals surface area (Å²) in [6.07, 6.45) is 3.09. The van der Waals surface area contributed by atoms with E-state index < -0.39 is 29.7 Å². The van der Waals surface area contributed by atoms with Crippen LogP contribution in [0.3, 0.4) is 0 Å². The summed E-state index contributed by atoms with van der Waals surface area (Å²) < 4.78 is 6.00. The Bertz CT molecular complexity index is 2300. The largest absolute Gasteiger partial charge is 0.457 e. The van der Waals surface area contributed by atoms with Gasteiger partial charge in [-0.3, -0.25) is 34.4 Å². The van der Waals surface area contributed by atoms with Crippen LogP contribution in [-0.2, 0) is 9.59 Å². The Balaban J connectivity index is 0.746. The standard InChI is InChI=1S/C42H42N10O6/c43-37-35-36(24-8-11-30(12-9-24)58-29-6-2-1-3-7-29)47-52(38(35)45-23-44-37)28-5-4-16-48(22-28)42(57)50-20-26(21-50)25-18-49(19-25)27-10-13-31-32(17-27)41(56)51(40(31)55)33-14-15-34(53)46-39(33)54/h1-3,6-13,17,23,25-26,28,33,35,38H,4-5,14-16,18-22H2,(H2,43,44,45)(H,46,53,54). The number of amidine groups is 1. The SMILES string of the molecule is NC1=NC=NC2C1C(c1ccc(Oc3ccccc3)cc1)=NN2C1CCCN(C(=O)N2CC(C3CN(c4ccc5c(c4)C(=O)N(C4CCC(=O)NC4=O)C5=O)C3)C2)C1. The quantitative estimate of drug-likeness (QED) is 0.340. The summed E-state index contributed by atoms with van der Waals surface area (Å²) in [5, 5.41) is 9.38. The van der Waals surface area contributed by atoms with Crippen LogP contribution in [0.4, 0.5) is 10.5 Å². The number of rotatable bonds is 7. The van der Waals surface area contributed by atoms with E-state index in [9.17, 15) is 24.0 Å². The molecule has 4 atom stereocenters. The van der Waals surface area contributed by atoms with Crippen LogP contribution in [0.2, 0.25) is 0 Å². The number of carbonyl (C=O) groups excluding carboxylic acids is 5. The number of piperidine rings is 2. The van der Waals surface area contributed by atoms with Crippen molar-refractivity contribution in [2.75, 3.05) is 44.2 Å². The Morgan fingerprint density at radius 1 is 0.810 bits per heavy atom. The zero-order valence-electron chi connectivity index (χ0n) is 31.6. The monoisotopic (exact) mass is 782 g/mol. The molecule has 58 heavy (non-hydrogen) atoms. The molecule has 0 saturated carbocycles. The van der Waals surface area contributed by atoms with E-state index in [1.807, 2.05) is 75.5 Å². The zero-order chi connectivity index (χ0) is 39.7. The van der Waals surface area contributed by atoms with Gasteiger partial charge in [0.2, 0.25) is 11.8 Å². The molecule has 16 heteroatoms. The number of para-hydroxylation sites is 1. The predicted octanol–water partition coefficient (Wildman–Crippen LogP) is 2.89. The summed E-state index contributed by atoms with van der Waals surface area (Å²) in [5.74, 6) is 0.349. The third-order valence-electron chi connectivity index (χ3n) is 12.5. The lowest BCUT2D eigenvalue weighted by Gasteiger charge is -2.52. The van der Waals surface area contributed by atoms with Gasteiger partial charge in [-0.15, -0.1) is 0 Å². The van der Waals surface area contributed by atoms with E-state index in [-0.39, 0.29) is 48.1 Å². The summed E-state index contributed by atoms with van der Waals surface area (Å²) >= 11 is 0. The highest BCUT2D eigenvalue weighted by molar-refractivity contribution is 6.24. The molecule has 296 valence electrons. The number of nitrogens with zero attached hydrogens (tertiary/aromatic N) is 8. The Morgan fingerprint density at radius 3 is 2.33 bits per heavy atom. The van der Waals surface area contributed by atoms with Crippen LogP contribution in [0.1, 0.15) is 52.0 Å². The molecule has 4 fully saturated rings. The third kappa shape index (κ3) is 6.14. The van der Waals surface area contributed by atoms with E-state index in [0.29, 0.717) is 49.6 Å². The smallest absolute Gasteiger partial charge is 0.320 e. The first kappa shape index (κ1) is 35.8. The number of urea groups is 1. The summed E-state index contributed by atoms with van der Waals surface area (Å²) in [6.45, 7) is 4.16. The molecule has 0 bridgehead atoms. The molecule has 7 heterocycles. The summed E-state index contributed by atoms with van der Waals surface area (Å²) in [5.41, 5.74) is 9.58. The topological polar surface area (TPSA) is 186 Å². The number of fused-ring (bicyclic) bond motifs is 2. The summed E-state index contributed by atoms with van der Waals surface area (Å²) in [7, 11) is 0. The number of nitrogens with two attached hydrogens (primary N) is 1. The lowest BCUT2D eigenvalue weighted by atomic mass is 9.80. The van der Waals surface area contributed by atoms with Gasteiger partial charge < -0.3 is 25.2 Å². The van der Waals surface area contributed by atoms with Crippen LogP contribution in [-0.4, -0.2) is 125 Å². The second kappa shape index (κ2) is 14.1. The van der Waals surface area contributed by atoms with E-state index in [1.54, 1.807) is 12.1 Å². The number of amides is 6. The molecule has 10 rings (SSSR count). The van der Waals surface area contributed by atoms with Gasteiger partial charge in [-0.05, 0) is 79.4 Å². The van der Waals surface area contributed by atoms with Gasteiger partial charge >= 0.3 is 6.03 Å². The minimum atomic E-state index is -0.993. The molecule has 16 nitrogen and oxygen atoms in total. The van der Waals surface area contributed by atoms with Gasteiger partial charge in [0.05, 0.1) is 22.9 Å². The van der Waals surface area contributed by atoms with E-state index in [1.165, 1.54) is 6.34 Å². The van der Waals surface area contributed by atoms with Crippen LogP contribution in [0.5, 0.6) is 11.5 Å². The van der Waals surface area contributed by atoms with Gasteiger partial charge in [0.25, 0.3) is 11.8 Å². The van der Waals surface area contributed by atoms with Gasteiger partial charge in [-0.1, -0.05) is 18.2 Å². The van der Waals surface area contributed by atoms with Crippen LogP contribution in [0.25, 0.3) is 0 Å². The van der Waals surface area contributed by atoms with Crippen molar-refractivity contribution in [1.29, 1.82) is 0 Å². The average molecular weight is 783 g/mol. The van der Waals surface area contributed by atoms with Crippen molar-refractivity contribution in [3.05, 3.63) is 89.5 Å². The fourth-order valence-electron chi connectivity index (χ4n) is 9.28. The first-order valence-corrected chi connectivity index (χ1v) is 19.9. The number of ether oxygens (including phenoxy) is 1. The van der Waals surface area contributed by atoms with Gasteiger partial charge in [0, 0.05) is 63.2 Å². The molecule has 3 N–H and O–H groups in total. The molecule has 7 aliphatic heterocycles. The highest BCUT2D eigenvalue weighted by Crippen LogP contribution is 2.38. The second-order valence-electron chi connectivity index (χ2n) is 16.0. The van der Waals surface area contributed by atoms with Crippen molar-refractivity contribution < 1.29 is 28.7 Å². The molecule has 3 aromatic carbocycles. The number of likely N-dealkylation sites (tertiary alicyclic amines) is 2. The van der Waals surface area contributed by atoms with Gasteiger partial charge in [0.15, 0.2) is 6.17 Å². The highest BCUT2D eigenvalue weighted by atomic mass is 16.5. The Kier molecular flexibility index (Phi) is 8.71. The normalized spacial score (nSPS) is 25.8. The maximum absolute atomic E-state index is 13.8. The minimum absolute atomic E-state index is 0.0331.